The third-order valence-corrected chi connectivity index (χ3v) is 3.86. The Bertz CT molecular complexity index is 674. The maximum absolute atomic E-state index is 12.2. The maximum atomic E-state index is 12.2. The lowest BCUT2D eigenvalue weighted by molar-refractivity contribution is 0.0336. The van der Waals surface area contributed by atoms with Crippen LogP contribution < -0.4 is 9.47 Å². The molecule has 0 saturated heterocycles. The number of fused-ring (bicyclic) bond motifs is 3. The summed E-state index contributed by atoms with van der Waals surface area (Å²) in [6.07, 6.45) is 2.27. The largest absolute Gasteiger partial charge is 0.461 e. The van der Waals surface area contributed by atoms with Crippen LogP contribution in [-0.4, -0.2) is 19.2 Å². The van der Waals surface area contributed by atoms with Crippen LogP contribution in [0.25, 0.3) is 0 Å². The van der Waals surface area contributed by atoms with Crippen LogP contribution in [0.3, 0.4) is 0 Å². The van der Waals surface area contributed by atoms with Gasteiger partial charge in [0.2, 0.25) is 12.6 Å². The summed E-state index contributed by atoms with van der Waals surface area (Å²) >= 11 is 0. The molecule has 0 fully saturated rings. The van der Waals surface area contributed by atoms with Gasteiger partial charge in [0.05, 0.1) is 19.0 Å². The smallest absolute Gasteiger partial charge is 0.231 e. The Morgan fingerprint density at radius 1 is 1.24 bits per heavy atom. The summed E-state index contributed by atoms with van der Waals surface area (Å²) in [5.74, 6) is 1.87. The molecule has 4 rings (SSSR count). The van der Waals surface area contributed by atoms with Crippen molar-refractivity contribution in [3.05, 3.63) is 47.4 Å². The number of Topliss-reactive ketones (excluding diaryl/α,β-unsaturated/α-hetero) is 1. The molecule has 2 aliphatic heterocycles. The van der Waals surface area contributed by atoms with Gasteiger partial charge in [0.25, 0.3) is 0 Å². The Morgan fingerprint density at radius 3 is 3.05 bits per heavy atom. The highest BCUT2D eigenvalue weighted by Crippen LogP contribution is 2.43. The van der Waals surface area contributed by atoms with Crippen molar-refractivity contribution in [3.8, 4) is 11.5 Å². The van der Waals surface area contributed by atoms with Crippen LogP contribution in [0.15, 0.2) is 34.9 Å². The third-order valence-electron chi connectivity index (χ3n) is 3.86. The van der Waals surface area contributed by atoms with Gasteiger partial charge >= 0.3 is 0 Å². The van der Waals surface area contributed by atoms with Crippen molar-refractivity contribution in [1.29, 1.82) is 0 Å². The van der Waals surface area contributed by atoms with E-state index in [-0.39, 0.29) is 25.1 Å². The van der Waals surface area contributed by atoms with Crippen LogP contribution in [0.2, 0.25) is 0 Å². The zero-order valence-corrected chi connectivity index (χ0v) is 11.3. The number of furan rings is 1. The van der Waals surface area contributed by atoms with E-state index in [0.29, 0.717) is 12.4 Å². The maximum Gasteiger partial charge on any atom is 0.231 e. The van der Waals surface area contributed by atoms with Crippen molar-refractivity contribution in [2.75, 3.05) is 13.4 Å². The predicted octanol–water partition coefficient (Wildman–Crippen LogP) is 2.90. The Balaban J connectivity index is 1.63. The molecule has 2 aliphatic rings. The summed E-state index contributed by atoms with van der Waals surface area (Å²) < 4.78 is 21.9. The lowest BCUT2D eigenvalue weighted by atomic mass is 9.93. The molecule has 1 aromatic carbocycles. The molecule has 5 nitrogen and oxygen atoms in total. The van der Waals surface area contributed by atoms with E-state index in [1.54, 1.807) is 12.1 Å². The fraction of sp³-hybridized carbons (Fsp3) is 0.312. The Hall–Kier alpha value is -2.27. The number of rotatable bonds is 3. The zero-order valence-electron chi connectivity index (χ0n) is 11.3. The first-order chi connectivity index (χ1) is 10.3. The quantitative estimate of drug-likeness (QED) is 0.812. The van der Waals surface area contributed by atoms with Gasteiger partial charge in [-0.25, -0.2) is 0 Å². The molecule has 3 heterocycles. The van der Waals surface area contributed by atoms with Crippen molar-refractivity contribution in [2.45, 2.75) is 18.9 Å². The molecule has 0 unspecified atom stereocenters. The van der Waals surface area contributed by atoms with E-state index < -0.39 is 0 Å². The molecule has 2 aromatic rings. The van der Waals surface area contributed by atoms with E-state index in [9.17, 15) is 4.79 Å². The number of ether oxygens (including phenoxy) is 3. The second-order valence-corrected chi connectivity index (χ2v) is 5.08. The number of carbonyl (C=O) groups excluding carboxylic acids is 1. The molecular weight excluding hydrogens is 272 g/mol. The second-order valence-electron chi connectivity index (χ2n) is 5.08. The molecule has 5 heteroatoms. The van der Waals surface area contributed by atoms with Crippen molar-refractivity contribution >= 4 is 5.78 Å². The fourth-order valence-electron chi connectivity index (χ4n) is 2.87. The molecule has 21 heavy (non-hydrogen) atoms. The lowest BCUT2D eigenvalue weighted by Gasteiger charge is -2.26. The lowest BCUT2D eigenvalue weighted by Crippen LogP contribution is -2.19. The van der Waals surface area contributed by atoms with Crippen LogP contribution in [0.1, 0.15) is 34.2 Å². The number of hydrogen-bond donors (Lipinski definition) is 0. The van der Waals surface area contributed by atoms with Crippen molar-refractivity contribution < 1.29 is 23.4 Å². The highest BCUT2D eigenvalue weighted by atomic mass is 16.7. The first-order valence-corrected chi connectivity index (χ1v) is 6.92. The van der Waals surface area contributed by atoms with Gasteiger partial charge in [0.1, 0.15) is 0 Å². The van der Waals surface area contributed by atoms with Crippen LogP contribution in [0, 0.1) is 0 Å². The van der Waals surface area contributed by atoms with Crippen molar-refractivity contribution in [1.82, 2.24) is 0 Å². The van der Waals surface area contributed by atoms with E-state index in [1.165, 1.54) is 6.26 Å². The van der Waals surface area contributed by atoms with Crippen LogP contribution in [-0.2, 0) is 11.2 Å². The molecule has 0 radical (unpaired) electrons. The van der Waals surface area contributed by atoms with Crippen molar-refractivity contribution in [3.63, 3.8) is 0 Å². The van der Waals surface area contributed by atoms with Gasteiger partial charge in [0, 0.05) is 12.0 Å². The first kappa shape index (κ1) is 12.5. The monoisotopic (exact) mass is 286 g/mol. The van der Waals surface area contributed by atoms with Gasteiger partial charge < -0.3 is 18.6 Å². The van der Waals surface area contributed by atoms with Crippen LogP contribution >= 0.6 is 0 Å². The minimum absolute atomic E-state index is 0.0597. The summed E-state index contributed by atoms with van der Waals surface area (Å²) in [5, 5.41) is 0. The predicted molar refractivity (Wildman–Crippen MR) is 72.6 cm³/mol. The first-order valence-electron chi connectivity index (χ1n) is 6.92. The Kier molecular flexibility index (Phi) is 2.93. The average molecular weight is 286 g/mol. The van der Waals surface area contributed by atoms with E-state index in [4.69, 9.17) is 18.6 Å². The normalized spacial score (nSPS) is 19.3. The van der Waals surface area contributed by atoms with Gasteiger partial charge in [-0.2, -0.15) is 0 Å². The summed E-state index contributed by atoms with van der Waals surface area (Å²) in [5.41, 5.74) is 2.10. The highest BCUT2D eigenvalue weighted by molar-refractivity contribution is 5.93. The highest BCUT2D eigenvalue weighted by Gasteiger charge is 2.30. The molecular formula is C16H14O5. The topological polar surface area (TPSA) is 57.9 Å². The number of ketones is 1. The van der Waals surface area contributed by atoms with Crippen molar-refractivity contribution in [2.24, 2.45) is 0 Å². The van der Waals surface area contributed by atoms with Crippen LogP contribution in [0.4, 0.5) is 0 Å². The molecule has 0 spiro atoms. The standard InChI is InChI=1S/C16H14O5/c17-12(13-2-1-6-18-13)8-15-10-3-4-14-16(21-9-20-14)11(10)5-7-19-15/h1-4,6,15H,5,7-9H2/t15-/m1/s1. The van der Waals surface area contributed by atoms with Gasteiger partial charge in [-0.05, 0) is 30.2 Å². The Morgan fingerprint density at radius 2 is 2.19 bits per heavy atom. The van der Waals surface area contributed by atoms with Gasteiger partial charge in [0.15, 0.2) is 17.3 Å². The SMILES string of the molecule is O=C(C[C@H]1OCCc2c1ccc1c2OCO1)c1ccco1. The molecule has 0 N–H and O–H groups in total. The molecule has 0 aliphatic carbocycles. The summed E-state index contributed by atoms with van der Waals surface area (Å²) in [4.78, 5) is 12.2. The summed E-state index contributed by atoms with van der Waals surface area (Å²) in [7, 11) is 0. The van der Waals surface area contributed by atoms with E-state index >= 15 is 0 Å². The molecule has 1 aromatic heterocycles. The minimum Gasteiger partial charge on any atom is -0.461 e. The van der Waals surface area contributed by atoms with Gasteiger partial charge in [-0.3, -0.25) is 4.79 Å². The van der Waals surface area contributed by atoms with Gasteiger partial charge in [-0.1, -0.05) is 6.07 Å². The molecule has 0 bridgehead atoms. The molecule has 0 saturated carbocycles. The second kappa shape index (κ2) is 4.93. The molecule has 1 atom stereocenters. The third kappa shape index (κ3) is 2.10. The fourth-order valence-corrected chi connectivity index (χ4v) is 2.87. The van der Waals surface area contributed by atoms with E-state index in [2.05, 4.69) is 0 Å². The van der Waals surface area contributed by atoms with Gasteiger partial charge in [-0.15, -0.1) is 0 Å². The van der Waals surface area contributed by atoms with E-state index in [1.807, 2.05) is 12.1 Å². The summed E-state index contributed by atoms with van der Waals surface area (Å²) in [6.45, 7) is 0.825. The zero-order chi connectivity index (χ0) is 14.2. The average Bonchev–Trinajstić information content (AvgIpc) is 3.18. The minimum atomic E-state index is -0.263. The molecule has 108 valence electrons. The number of carbonyl (C=O) groups is 1. The number of benzene rings is 1. The van der Waals surface area contributed by atoms with Crippen LogP contribution in [0.5, 0.6) is 11.5 Å². The number of hydrogen-bond acceptors (Lipinski definition) is 5. The molecule has 0 amide bonds. The Labute approximate surface area is 121 Å². The van der Waals surface area contributed by atoms with E-state index in [0.717, 1.165) is 29.0 Å². The summed E-state index contributed by atoms with van der Waals surface area (Å²) in [6, 6.07) is 7.22.